The number of nitrogens with one attached hydrogen (secondary N) is 4. The van der Waals surface area contributed by atoms with Gasteiger partial charge < -0.3 is 4.74 Å². The molecule has 0 bridgehead atoms. The molecule has 0 aliphatic rings. The van der Waals surface area contributed by atoms with E-state index < -0.39 is 11.8 Å². The lowest BCUT2D eigenvalue weighted by Crippen LogP contribution is -2.41. The number of hydrogen-bond acceptors (Lipinski definition) is 5. The van der Waals surface area contributed by atoms with Crippen LogP contribution in [0.5, 0.6) is 5.75 Å². The summed E-state index contributed by atoms with van der Waals surface area (Å²) in [5.74, 6) is -0.910. The molecule has 3 aromatic carbocycles. The summed E-state index contributed by atoms with van der Waals surface area (Å²) in [6, 6.07) is 19.4. The number of ether oxygens (including phenoxy) is 1. The Bertz CT molecular complexity index is 1400. The summed E-state index contributed by atoms with van der Waals surface area (Å²) in [4.78, 5) is 37.8. The van der Waals surface area contributed by atoms with Crippen LogP contribution in [-0.2, 0) is 10.8 Å². The van der Waals surface area contributed by atoms with Gasteiger partial charge in [0.25, 0.3) is 17.7 Å². The molecule has 210 valence electrons. The van der Waals surface area contributed by atoms with Crippen LogP contribution in [0.4, 0.5) is 0 Å². The molecule has 0 atom stereocenters. The highest BCUT2D eigenvalue weighted by Gasteiger charge is 2.17. The Morgan fingerprint density at radius 1 is 0.600 bits per heavy atom. The van der Waals surface area contributed by atoms with Gasteiger partial charge in [-0.15, -0.1) is 0 Å². The van der Waals surface area contributed by atoms with Crippen molar-refractivity contribution in [2.24, 2.45) is 0 Å². The minimum Gasteiger partial charge on any atom is -0.496 e. The molecule has 8 nitrogen and oxygen atoms in total. The van der Waals surface area contributed by atoms with E-state index >= 15 is 0 Å². The number of benzene rings is 3. The first-order valence-corrected chi connectivity index (χ1v) is 13.0. The summed E-state index contributed by atoms with van der Waals surface area (Å²) in [5, 5.41) is 0. The Morgan fingerprint density at radius 3 is 1.38 bits per heavy atom. The highest BCUT2D eigenvalue weighted by Crippen LogP contribution is 2.26. The SMILES string of the molecule is C=C(NNC(=O)c1ccc(C(C)(C)C)cc1)c1ccc(C(=O)NNC(=O)c2ccc(C(C)(C)C)cc2)cc1OC. The molecule has 4 N–H and O–H groups in total. The van der Waals surface area contributed by atoms with Crippen LogP contribution >= 0.6 is 0 Å². The van der Waals surface area contributed by atoms with Gasteiger partial charge in [-0.3, -0.25) is 36.1 Å². The number of hydrazine groups is 2. The highest BCUT2D eigenvalue weighted by molar-refractivity contribution is 5.99. The topological polar surface area (TPSA) is 109 Å². The Hall–Kier alpha value is -4.59. The fraction of sp³-hybridized carbons (Fsp3) is 0.281. The summed E-state index contributed by atoms with van der Waals surface area (Å²) in [6.07, 6.45) is 0. The monoisotopic (exact) mass is 542 g/mol. The Balaban J connectivity index is 1.59. The van der Waals surface area contributed by atoms with Crippen molar-refractivity contribution in [3.63, 3.8) is 0 Å². The fourth-order valence-electron chi connectivity index (χ4n) is 3.85. The van der Waals surface area contributed by atoms with Gasteiger partial charge in [-0.1, -0.05) is 72.4 Å². The quantitative estimate of drug-likeness (QED) is 0.304. The lowest BCUT2D eigenvalue weighted by Gasteiger charge is -2.19. The molecule has 0 aliphatic heterocycles. The van der Waals surface area contributed by atoms with Crippen LogP contribution in [0.1, 0.15) is 89.3 Å². The second-order valence-electron chi connectivity index (χ2n) is 11.5. The van der Waals surface area contributed by atoms with Crippen molar-refractivity contribution in [3.05, 3.63) is 107 Å². The predicted molar refractivity (Wildman–Crippen MR) is 158 cm³/mol. The zero-order valence-corrected chi connectivity index (χ0v) is 24.2. The van der Waals surface area contributed by atoms with Gasteiger partial charge in [0, 0.05) is 22.3 Å². The van der Waals surface area contributed by atoms with Gasteiger partial charge >= 0.3 is 0 Å². The zero-order valence-electron chi connectivity index (χ0n) is 24.2. The molecule has 8 heteroatoms. The third kappa shape index (κ3) is 7.50. The molecule has 0 heterocycles. The van der Waals surface area contributed by atoms with Crippen LogP contribution < -0.4 is 26.4 Å². The minimum absolute atomic E-state index is 0.00881. The average Bonchev–Trinajstić information content (AvgIpc) is 2.93. The van der Waals surface area contributed by atoms with Gasteiger partial charge in [-0.2, -0.15) is 0 Å². The molecule has 0 saturated carbocycles. The first-order chi connectivity index (χ1) is 18.7. The molecular formula is C32H38N4O4. The van der Waals surface area contributed by atoms with Crippen LogP contribution in [0.3, 0.4) is 0 Å². The van der Waals surface area contributed by atoms with E-state index in [4.69, 9.17) is 4.74 Å². The molecule has 0 radical (unpaired) electrons. The van der Waals surface area contributed by atoms with Crippen molar-refractivity contribution in [2.45, 2.75) is 52.4 Å². The summed E-state index contributed by atoms with van der Waals surface area (Å²) >= 11 is 0. The summed E-state index contributed by atoms with van der Waals surface area (Å²) < 4.78 is 5.45. The van der Waals surface area contributed by atoms with Crippen LogP contribution in [0.15, 0.2) is 73.3 Å². The molecule has 0 spiro atoms. The molecule has 40 heavy (non-hydrogen) atoms. The number of carbonyl (C=O) groups is 3. The van der Waals surface area contributed by atoms with Crippen LogP contribution in [-0.4, -0.2) is 24.8 Å². The van der Waals surface area contributed by atoms with Crippen molar-refractivity contribution >= 4 is 23.4 Å². The Labute approximate surface area is 236 Å². The molecule has 0 aromatic heterocycles. The van der Waals surface area contributed by atoms with Crippen molar-refractivity contribution in [1.82, 2.24) is 21.7 Å². The third-order valence-electron chi connectivity index (χ3n) is 6.43. The maximum absolute atomic E-state index is 12.7. The van der Waals surface area contributed by atoms with E-state index in [-0.39, 0.29) is 22.3 Å². The maximum atomic E-state index is 12.7. The van der Waals surface area contributed by atoms with Crippen molar-refractivity contribution in [1.29, 1.82) is 0 Å². The van der Waals surface area contributed by atoms with E-state index in [1.807, 2.05) is 24.3 Å². The molecule has 0 saturated heterocycles. The molecule has 3 aromatic rings. The molecule has 3 amide bonds. The normalized spacial score (nSPS) is 11.3. The standard InChI is InChI=1S/C32H38N4O4/c1-20(33-34-28(37)21-9-14-24(15-10-21)31(2,3)4)26-18-13-23(19-27(26)40-8)30(39)36-35-29(38)22-11-16-25(17-12-22)32(5,6)7/h9-19,33H,1H2,2-8H3,(H,34,37)(H,35,38)(H,36,39). The first-order valence-electron chi connectivity index (χ1n) is 13.0. The smallest absolute Gasteiger partial charge is 0.269 e. The van der Waals surface area contributed by atoms with Gasteiger partial charge in [0.2, 0.25) is 0 Å². The van der Waals surface area contributed by atoms with Gasteiger partial charge in [0.15, 0.2) is 0 Å². The van der Waals surface area contributed by atoms with Crippen LogP contribution in [0, 0.1) is 0 Å². The number of hydrogen-bond donors (Lipinski definition) is 4. The summed E-state index contributed by atoms with van der Waals surface area (Å²) in [7, 11) is 1.46. The average molecular weight is 543 g/mol. The van der Waals surface area contributed by atoms with Crippen LogP contribution in [0.25, 0.3) is 5.70 Å². The van der Waals surface area contributed by atoms with Gasteiger partial charge in [-0.25, -0.2) is 0 Å². The summed E-state index contributed by atoms with van der Waals surface area (Å²) in [6.45, 7) is 16.6. The fourth-order valence-corrected chi connectivity index (χ4v) is 3.85. The number of methoxy groups -OCH3 is 1. The van der Waals surface area contributed by atoms with Crippen molar-refractivity contribution in [2.75, 3.05) is 7.11 Å². The molecule has 0 unspecified atom stereocenters. The van der Waals surface area contributed by atoms with Crippen molar-refractivity contribution < 1.29 is 19.1 Å². The van der Waals surface area contributed by atoms with Gasteiger partial charge in [0.05, 0.1) is 12.8 Å². The van der Waals surface area contributed by atoms with E-state index in [9.17, 15) is 14.4 Å². The molecule has 0 fully saturated rings. The Morgan fingerprint density at radius 2 is 0.975 bits per heavy atom. The summed E-state index contributed by atoms with van der Waals surface area (Å²) in [5.41, 5.74) is 14.6. The van der Waals surface area contributed by atoms with Crippen molar-refractivity contribution in [3.8, 4) is 5.75 Å². The van der Waals surface area contributed by atoms with E-state index in [0.29, 0.717) is 28.1 Å². The van der Waals surface area contributed by atoms with Crippen LogP contribution in [0.2, 0.25) is 0 Å². The minimum atomic E-state index is -0.518. The number of rotatable bonds is 7. The molecule has 3 rings (SSSR count). The zero-order chi connectivity index (χ0) is 29.7. The number of carbonyl (C=O) groups excluding carboxylic acids is 3. The van der Waals surface area contributed by atoms with Gasteiger partial charge in [-0.05, 0) is 64.4 Å². The highest BCUT2D eigenvalue weighted by atomic mass is 16.5. The van der Waals surface area contributed by atoms with E-state index in [0.717, 1.165) is 11.1 Å². The third-order valence-corrected chi connectivity index (χ3v) is 6.43. The first kappa shape index (κ1) is 30.0. The maximum Gasteiger partial charge on any atom is 0.269 e. The van der Waals surface area contributed by atoms with E-state index in [1.165, 1.54) is 13.2 Å². The van der Waals surface area contributed by atoms with E-state index in [1.54, 1.807) is 36.4 Å². The predicted octanol–water partition coefficient (Wildman–Crippen LogP) is 5.27. The lowest BCUT2D eigenvalue weighted by molar-refractivity contribution is 0.0846. The molecule has 0 aliphatic carbocycles. The second kappa shape index (κ2) is 12.1. The largest absolute Gasteiger partial charge is 0.496 e. The number of amides is 3. The second-order valence-corrected chi connectivity index (χ2v) is 11.5. The van der Waals surface area contributed by atoms with E-state index in [2.05, 4.69) is 69.8 Å². The molecular weight excluding hydrogens is 504 g/mol. The lowest BCUT2D eigenvalue weighted by atomic mass is 9.87. The van der Waals surface area contributed by atoms with Gasteiger partial charge in [0.1, 0.15) is 5.75 Å². The Kier molecular flexibility index (Phi) is 9.04.